The summed E-state index contributed by atoms with van der Waals surface area (Å²) in [5.74, 6) is -0.550. The third-order valence-electron chi connectivity index (χ3n) is 5.23. The molecule has 0 aromatic carbocycles. The van der Waals surface area contributed by atoms with Crippen molar-refractivity contribution in [1.82, 2.24) is 19.7 Å². The number of aromatic nitrogens is 4. The number of hydrogen-bond donors (Lipinski definition) is 1. The van der Waals surface area contributed by atoms with E-state index in [1.54, 1.807) is 10.9 Å². The van der Waals surface area contributed by atoms with E-state index in [0.29, 0.717) is 12.0 Å². The molecule has 1 aliphatic carbocycles. The van der Waals surface area contributed by atoms with Crippen LogP contribution in [0.25, 0.3) is 0 Å². The minimum atomic E-state index is -4.40. The molecule has 0 radical (unpaired) electrons. The fourth-order valence-corrected chi connectivity index (χ4v) is 3.71. The van der Waals surface area contributed by atoms with Gasteiger partial charge in [-0.05, 0) is 32.1 Å². The van der Waals surface area contributed by atoms with Crippen LogP contribution in [0.4, 0.5) is 24.7 Å². The van der Waals surface area contributed by atoms with Gasteiger partial charge in [0.1, 0.15) is 18.1 Å². The maximum Gasteiger partial charge on any atom is 0.408 e. The number of rotatable bonds is 4. The first kappa shape index (κ1) is 19.0. The van der Waals surface area contributed by atoms with Gasteiger partial charge in [-0.25, -0.2) is 9.97 Å². The summed E-state index contributed by atoms with van der Waals surface area (Å²) in [6.07, 6.45) is 3.23. The van der Waals surface area contributed by atoms with E-state index in [-0.39, 0.29) is 35.7 Å². The summed E-state index contributed by atoms with van der Waals surface area (Å²) in [6, 6.07) is -1.38. The Morgan fingerprint density at radius 2 is 2.00 bits per heavy atom. The first-order valence-corrected chi connectivity index (χ1v) is 9.42. The smallest absolute Gasteiger partial charge is 0.343 e. The molecule has 1 saturated carbocycles. The van der Waals surface area contributed by atoms with Gasteiger partial charge in [0.15, 0.2) is 11.0 Å². The second kappa shape index (κ2) is 7.23. The quantitative estimate of drug-likeness (QED) is 0.769. The van der Waals surface area contributed by atoms with Crippen molar-refractivity contribution in [1.29, 1.82) is 0 Å². The van der Waals surface area contributed by atoms with Crippen molar-refractivity contribution < 1.29 is 18.0 Å². The number of hydrogen-bond acceptors (Lipinski definition) is 5. The Morgan fingerprint density at radius 1 is 1.21 bits per heavy atom. The molecule has 0 bridgehead atoms. The van der Waals surface area contributed by atoms with E-state index in [1.165, 1.54) is 6.20 Å². The van der Waals surface area contributed by atoms with Gasteiger partial charge in [-0.1, -0.05) is 11.6 Å². The summed E-state index contributed by atoms with van der Waals surface area (Å²) in [5, 5.41) is 6.66. The summed E-state index contributed by atoms with van der Waals surface area (Å²) < 4.78 is 41.8. The van der Waals surface area contributed by atoms with Gasteiger partial charge in [0.05, 0.1) is 17.8 Å². The molecule has 150 valence electrons. The van der Waals surface area contributed by atoms with Crippen molar-refractivity contribution >= 4 is 29.0 Å². The molecule has 11 heteroatoms. The predicted molar refractivity (Wildman–Crippen MR) is 96.5 cm³/mol. The van der Waals surface area contributed by atoms with Gasteiger partial charge in [0, 0.05) is 12.7 Å². The van der Waals surface area contributed by atoms with Gasteiger partial charge in [-0.15, -0.1) is 0 Å². The van der Waals surface area contributed by atoms with E-state index in [9.17, 15) is 18.0 Å². The molecule has 7 nitrogen and oxygen atoms in total. The molecule has 4 rings (SSSR count). The lowest BCUT2D eigenvalue weighted by Crippen LogP contribution is -2.42. The van der Waals surface area contributed by atoms with Crippen molar-refractivity contribution in [3.63, 3.8) is 0 Å². The van der Waals surface area contributed by atoms with Crippen LogP contribution in [0.3, 0.4) is 0 Å². The lowest BCUT2D eigenvalue weighted by atomic mass is 9.93. The molecule has 3 heterocycles. The highest BCUT2D eigenvalue weighted by atomic mass is 35.5. The molecular formula is C17H18ClF3N6O. The van der Waals surface area contributed by atoms with E-state index in [4.69, 9.17) is 11.6 Å². The van der Waals surface area contributed by atoms with Crippen LogP contribution in [-0.2, 0) is 0 Å². The summed E-state index contributed by atoms with van der Waals surface area (Å²) in [5.41, 5.74) is 0.272. The average molecular weight is 415 g/mol. The third-order valence-corrected chi connectivity index (χ3v) is 5.52. The van der Waals surface area contributed by atoms with E-state index in [2.05, 4.69) is 20.4 Å². The van der Waals surface area contributed by atoms with E-state index in [0.717, 1.165) is 30.5 Å². The molecule has 0 unspecified atom stereocenters. The standard InChI is InChI=1S/C17H18ClF3N6O/c18-14-13(25-16(28)10-7-24-27(8-10)11-3-1-4-11)15(23-9-22-14)26-6-2-5-12(26)17(19,20)21/h7-9,11-12H,1-6H2,(H,25,28)/t12-/m1/s1. The molecule has 1 N–H and O–H groups in total. The fraction of sp³-hybridized carbons (Fsp3) is 0.529. The number of anilines is 2. The number of nitrogens with one attached hydrogen (secondary N) is 1. The van der Waals surface area contributed by atoms with Gasteiger partial charge in [-0.2, -0.15) is 18.3 Å². The molecule has 1 atom stereocenters. The highest BCUT2D eigenvalue weighted by molar-refractivity contribution is 6.33. The lowest BCUT2D eigenvalue weighted by molar-refractivity contribution is -0.146. The van der Waals surface area contributed by atoms with Crippen molar-refractivity contribution in [3.8, 4) is 0 Å². The molecule has 2 aromatic heterocycles. The molecule has 2 aliphatic rings. The highest BCUT2D eigenvalue weighted by Gasteiger charge is 2.47. The largest absolute Gasteiger partial charge is 0.408 e. The SMILES string of the molecule is O=C(Nc1c(Cl)ncnc1N1CCC[C@@H]1C(F)(F)F)c1cnn(C2CCC2)c1. The summed E-state index contributed by atoms with van der Waals surface area (Å²) in [7, 11) is 0. The molecule has 2 fully saturated rings. The Kier molecular flexibility index (Phi) is 4.90. The van der Waals surface area contributed by atoms with Gasteiger partial charge < -0.3 is 10.2 Å². The number of alkyl halides is 3. The molecular weight excluding hydrogens is 397 g/mol. The average Bonchev–Trinajstić information content (AvgIpc) is 3.24. The van der Waals surface area contributed by atoms with Gasteiger partial charge in [-0.3, -0.25) is 9.48 Å². The maximum absolute atomic E-state index is 13.4. The predicted octanol–water partition coefficient (Wildman–Crippen LogP) is 3.83. The van der Waals surface area contributed by atoms with Crippen LogP contribution in [-0.4, -0.2) is 44.4 Å². The van der Waals surface area contributed by atoms with Gasteiger partial charge >= 0.3 is 6.18 Å². The Balaban J connectivity index is 1.59. The first-order chi connectivity index (χ1) is 13.3. The summed E-state index contributed by atoms with van der Waals surface area (Å²) in [6.45, 7) is 0.167. The van der Waals surface area contributed by atoms with E-state index >= 15 is 0 Å². The van der Waals surface area contributed by atoms with E-state index < -0.39 is 18.1 Å². The van der Waals surface area contributed by atoms with Crippen LogP contribution >= 0.6 is 11.6 Å². The highest BCUT2D eigenvalue weighted by Crippen LogP contribution is 2.39. The van der Waals surface area contributed by atoms with Crippen LogP contribution in [0.15, 0.2) is 18.7 Å². The van der Waals surface area contributed by atoms with Gasteiger partial charge in [0.2, 0.25) is 0 Å². The second-order valence-corrected chi connectivity index (χ2v) is 7.36. The number of nitrogens with zero attached hydrogens (tertiary/aromatic N) is 5. The van der Waals surface area contributed by atoms with Crippen LogP contribution in [0.5, 0.6) is 0 Å². The Labute approximate surface area is 163 Å². The number of carbonyl (C=O) groups excluding carboxylic acids is 1. The maximum atomic E-state index is 13.4. The van der Waals surface area contributed by atoms with E-state index in [1.807, 2.05) is 0 Å². The monoisotopic (exact) mass is 414 g/mol. The van der Waals surface area contributed by atoms with Crippen LogP contribution in [0, 0.1) is 0 Å². The van der Waals surface area contributed by atoms with Crippen molar-refractivity contribution in [2.75, 3.05) is 16.8 Å². The summed E-state index contributed by atoms with van der Waals surface area (Å²) in [4.78, 5) is 21.6. The Hall–Kier alpha value is -2.36. The molecule has 1 saturated heterocycles. The minimum Gasteiger partial charge on any atom is -0.343 e. The number of halogens is 4. The fourth-order valence-electron chi connectivity index (χ4n) is 3.53. The third kappa shape index (κ3) is 3.52. The molecule has 1 aliphatic heterocycles. The Bertz CT molecular complexity index is 882. The zero-order valence-corrected chi connectivity index (χ0v) is 15.5. The zero-order valence-electron chi connectivity index (χ0n) is 14.8. The van der Waals surface area contributed by atoms with Crippen molar-refractivity contribution in [2.24, 2.45) is 0 Å². The first-order valence-electron chi connectivity index (χ1n) is 9.04. The number of amides is 1. The molecule has 1 amide bonds. The lowest BCUT2D eigenvalue weighted by Gasteiger charge is -2.29. The van der Waals surface area contributed by atoms with Crippen molar-refractivity contribution in [2.45, 2.75) is 50.4 Å². The topological polar surface area (TPSA) is 75.9 Å². The van der Waals surface area contributed by atoms with Gasteiger partial charge in [0.25, 0.3) is 5.91 Å². The van der Waals surface area contributed by atoms with Crippen LogP contribution in [0.2, 0.25) is 5.15 Å². The minimum absolute atomic E-state index is 0.0262. The molecule has 0 spiro atoms. The molecule has 28 heavy (non-hydrogen) atoms. The number of carbonyl (C=O) groups is 1. The normalized spacial score (nSPS) is 20.3. The second-order valence-electron chi connectivity index (χ2n) is 7.00. The molecule has 2 aromatic rings. The van der Waals surface area contributed by atoms with Crippen LogP contribution in [0.1, 0.15) is 48.5 Å². The zero-order chi connectivity index (χ0) is 19.9. The van der Waals surface area contributed by atoms with Crippen molar-refractivity contribution in [3.05, 3.63) is 29.4 Å². The Morgan fingerprint density at radius 3 is 2.68 bits per heavy atom. The summed E-state index contributed by atoms with van der Waals surface area (Å²) >= 11 is 6.09. The van der Waals surface area contributed by atoms with Crippen LogP contribution < -0.4 is 10.2 Å².